The number of esters is 1. The fraction of sp³-hybridized carbons (Fsp3) is 0.440. The molecule has 1 aromatic carbocycles. The van der Waals surface area contributed by atoms with Crippen LogP contribution in [0.2, 0.25) is 0 Å². The van der Waals surface area contributed by atoms with Crippen LogP contribution in [0, 0.1) is 26.7 Å². The van der Waals surface area contributed by atoms with Gasteiger partial charge in [0, 0.05) is 23.7 Å². The number of benzene rings is 1. The van der Waals surface area contributed by atoms with E-state index in [0.717, 1.165) is 33.8 Å². The number of hydrogen-bond donors (Lipinski definition) is 2. The second-order valence-electron chi connectivity index (χ2n) is 8.67. The molecule has 4 rings (SSSR count). The largest absolute Gasteiger partial charge is 0.491 e. The predicted molar refractivity (Wildman–Crippen MR) is 125 cm³/mol. The second kappa shape index (κ2) is 10.3. The predicted octanol–water partition coefficient (Wildman–Crippen LogP) is 2.79. The molecule has 2 atom stereocenters. The lowest BCUT2D eigenvalue weighted by Crippen LogP contribution is -2.29. The summed E-state index contributed by atoms with van der Waals surface area (Å²) in [7, 11) is 1.78. The number of hydrogen-bond acceptors (Lipinski definition) is 9. The number of aromatic nitrogens is 3. The smallest absolute Gasteiger partial charge is 0.306 e. The highest BCUT2D eigenvalue weighted by Crippen LogP contribution is 2.33. The van der Waals surface area contributed by atoms with Crippen LogP contribution in [-0.4, -0.2) is 59.1 Å². The highest BCUT2D eigenvalue weighted by atomic mass is 16.5. The number of aryl methyl sites for hydroxylation is 2. The van der Waals surface area contributed by atoms with Crippen molar-refractivity contribution < 1.29 is 23.9 Å². The summed E-state index contributed by atoms with van der Waals surface area (Å²) in [4.78, 5) is 21.4. The quantitative estimate of drug-likeness (QED) is 0.459. The zero-order chi connectivity index (χ0) is 24.2. The van der Waals surface area contributed by atoms with Gasteiger partial charge in [-0.3, -0.25) is 4.79 Å². The average Bonchev–Trinajstić information content (AvgIpc) is 3.38. The summed E-state index contributed by atoms with van der Waals surface area (Å²) >= 11 is 0. The first-order chi connectivity index (χ1) is 16.4. The van der Waals surface area contributed by atoms with E-state index >= 15 is 0 Å². The van der Waals surface area contributed by atoms with Gasteiger partial charge in [-0.15, -0.1) is 0 Å². The van der Waals surface area contributed by atoms with Gasteiger partial charge < -0.3 is 24.4 Å². The van der Waals surface area contributed by atoms with E-state index in [2.05, 4.69) is 10.5 Å². The first-order valence-corrected chi connectivity index (χ1v) is 11.4. The lowest BCUT2D eigenvalue weighted by Gasteiger charge is -2.15. The normalized spacial score (nSPS) is 16.5. The Kier molecular flexibility index (Phi) is 7.23. The molecule has 9 nitrogen and oxygen atoms in total. The molecule has 3 aromatic rings. The van der Waals surface area contributed by atoms with Gasteiger partial charge in [-0.25, -0.2) is 9.97 Å². The topological polar surface area (TPSA) is 120 Å². The van der Waals surface area contributed by atoms with Crippen LogP contribution >= 0.6 is 0 Å². The molecule has 0 bridgehead atoms. The third-order valence-corrected chi connectivity index (χ3v) is 5.91. The molecular formula is C25H30N4O5. The summed E-state index contributed by atoms with van der Waals surface area (Å²) in [5.74, 6) is 1.75. The van der Waals surface area contributed by atoms with Crippen molar-refractivity contribution in [2.75, 3.05) is 26.8 Å². The maximum Gasteiger partial charge on any atom is 0.306 e. The zero-order valence-electron chi connectivity index (χ0n) is 19.9. The fourth-order valence-electron chi connectivity index (χ4n) is 4.14. The molecule has 1 saturated heterocycles. The van der Waals surface area contributed by atoms with Gasteiger partial charge in [0.1, 0.15) is 24.2 Å². The Morgan fingerprint density at radius 2 is 2.09 bits per heavy atom. The molecule has 2 N–H and O–H groups in total. The van der Waals surface area contributed by atoms with Crippen LogP contribution in [0.5, 0.6) is 5.75 Å². The highest BCUT2D eigenvalue weighted by Gasteiger charge is 2.27. The van der Waals surface area contributed by atoms with Crippen LogP contribution in [0.15, 0.2) is 28.8 Å². The van der Waals surface area contributed by atoms with Crippen molar-refractivity contribution >= 4 is 5.97 Å². The van der Waals surface area contributed by atoms with Crippen molar-refractivity contribution in [1.29, 1.82) is 0 Å². The van der Waals surface area contributed by atoms with Gasteiger partial charge in [-0.1, -0.05) is 17.3 Å². The molecule has 0 radical (unpaired) electrons. The number of ether oxygens (including phenoxy) is 2. The SMILES string of the molecule is CNCC(O)COc1cccc(-c2nc(C[C@H]3COC(=O)C3)c(C)c(-c3c(C)noc3C)n2)c1. The van der Waals surface area contributed by atoms with Crippen molar-refractivity contribution in [3.63, 3.8) is 0 Å². The van der Waals surface area contributed by atoms with Gasteiger partial charge in [0.2, 0.25) is 0 Å². The van der Waals surface area contributed by atoms with E-state index in [1.54, 1.807) is 7.05 Å². The lowest BCUT2D eigenvalue weighted by molar-refractivity contribution is -0.137. The van der Waals surface area contributed by atoms with Crippen molar-refractivity contribution in [3.8, 4) is 28.4 Å². The summed E-state index contributed by atoms with van der Waals surface area (Å²) in [5, 5.41) is 17.0. The molecule has 1 unspecified atom stereocenters. The molecular weight excluding hydrogens is 436 g/mol. The standard InChI is InChI=1S/C25H30N4O5/c1-14-21(8-17-9-22(31)33-12-17)27-25(28-24(14)23-15(2)29-34-16(23)3)18-6-5-7-20(10-18)32-13-19(30)11-26-4/h5-7,10,17,19,26,30H,8-9,11-13H2,1-4H3/t17-,19?/m1/s1. The molecule has 0 spiro atoms. The molecule has 0 aliphatic carbocycles. The summed E-state index contributed by atoms with van der Waals surface area (Å²) < 4.78 is 16.3. The molecule has 3 heterocycles. The van der Waals surface area contributed by atoms with Gasteiger partial charge in [0.05, 0.1) is 30.0 Å². The van der Waals surface area contributed by atoms with Crippen molar-refractivity contribution in [2.45, 2.75) is 39.7 Å². The molecule has 9 heteroatoms. The Balaban J connectivity index is 1.72. The second-order valence-corrected chi connectivity index (χ2v) is 8.67. The van der Waals surface area contributed by atoms with Crippen LogP contribution in [0.3, 0.4) is 0 Å². The summed E-state index contributed by atoms with van der Waals surface area (Å²) in [6.45, 7) is 6.76. The minimum atomic E-state index is -0.613. The van der Waals surface area contributed by atoms with Crippen LogP contribution in [0.4, 0.5) is 0 Å². The third kappa shape index (κ3) is 5.26. The fourth-order valence-corrected chi connectivity index (χ4v) is 4.14. The Bertz CT molecular complexity index is 1160. The molecule has 34 heavy (non-hydrogen) atoms. The van der Waals surface area contributed by atoms with E-state index in [-0.39, 0.29) is 18.5 Å². The molecule has 180 valence electrons. The monoisotopic (exact) mass is 466 g/mol. The molecule has 1 fully saturated rings. The number of nitrogens with zero attached hydrogens (tertiary/aromatic N) is 3. The van der Waals surface area contributed by atoms with Gasteiger partial charge in [-0.05, 0) is 51.9 Å². The number of rotatable bonds is 9. The minimum Gasteiger partial charge on any atom is -0.491 e. The first kappa shape index (κ1) is 23.8. The van der Waals surface area contributed by atoms with Crippen LogP contribution < -0.4 is 10.1 Å². The van der Waals surface area contributed by atoms with E-state index in [1.807, 2.05) is 45.0 Å². The highest BCUT2D eigenvalue weighted by molar-refractivity contribution is 5.72. The maximum atomic E-state index is 11.6. The van der Waals surface area contributed by atoms with Gasteiger partial charge in [-0.2, -0.15) is 0 Å². The number of aliphatic hydroxyl groups is 1. The molecule has 0 saturated carbocycles. The number of carbonyl (C=O) groups excluding carboxylic acids is 1. The number of nitrogens with one attached hydrogen (secondary N) is 1. The molecule has 0 amide bonds. The Labute approximate surface area is 198 Å². The molecule has 1 aliphatic rings. The van der Waals surface area contributed by atoms with E-state index in [0.29, 0.717) is 43.3 Å². The van der Waals surface area contributed by atoms with E-state index in [1.165, 1.54) is 0 Å². The third-order valence-electron chi connectivity index (χ3n) is 5.91. The van der Waals surface area contributed by atoms with Gasteiger partial charge in [0.15, 0.2) is 5.82 Å². The van der Waals surface area contributed by atoms with Crippen molar-refractivity contribution in [1.82, 2.24) is 20.4 Å². The van der Waals surface area contributed by atoms with Crippen LogP contribution in [0.25, 0.3) is 22.6 Å². The summed E-state index contributed by atoms with van der Waals surface area (Å²) in [5.41, 5.74) is 4.94. The zero-order valence-corrected chi connectivity index (χ0v) is 19.9. The number of cyclic esters (lactones) is 1. The molecule has 1 aliphatic heterocycles. The van der Waals surface area contributed by atoms with E-state index in [9.17, 15) is 9.90 Å². The first-order valence-electron chi connectivity index (χ1n) is 11.4. The maximum absolute atomic E-state index is 11.6. The van der Waals surface area contributed by atoms with Crippen molar-refractivity contribution in [3.05, 3.63) is 47.0 Å². The molecule has 2 aromatic heterocycles. The Morgan fingerprint density at radius 1 is 1.26 bits per heavy atom. The Morgan fingerprint density at radius 3 is 2.76 bits per heavy atom. The van der Waals surface area contributed by atoms with Gasteiger partial charge >= 0.3 is 5.97 Å². The van der Waals surface area contributed by atoms with Crippen LogP contribution in [0.1, 0.15) is 29.1 Å². The van der Waals surface area contributed by atoms with Crippen molar-refractivity contribution in [2.24, 2.45) is 5.92 Å². The van der Waals surface area contributed by atoms with E-state index in [4.69, 9.17) is 24.0 Å². The number of likely N-dealkylation sites (N-methyl/N-ethyl adjacent to an activating group) is 1. The van der Waals surface area contributed by atoms with Gasteiger partial charge in [0.25, 0.3) is 0 Å². The minimum absolute atomic E-state index is 0.0785. The average molecular weight is 467 g/mol. The van der Waals surface area contributed by atoms with Crippen LogP contribution in [-0.2, 0) is 16.0 Å². The Hall–Kier alpha value is -3.30. The number of carbonyl (C=O) groups is 1. The summed E-state index contributed by atoms with van der Waals surface area (Å²) in [6, 6.07) is 7.49. The lowest BCUT2D eigenvalue weighted by atomic mass is 9.96. The van der Waals surface area contributed by atoms with E-state index < -0.39 is 6.10 Å². The number of aliphatic hydroxyl groups excluding tert-OH is 1. The summed E-state index contributed by atoms with van der Waals surface area (Å²) in [6.07, 6.45) is 0.381.